The van der Waals surface area contributed by atoms with Crippen LogP contribution in [0.1, 0.15) is 17.0 Å². The van der Waals surface area contributed by atoms with Gasteiger partial charge < -0.3 is 14.0 Å². The van der Waals surface area contributed by atoms with E-state index in [1.165, 1.54) is 12.1 Å². The van der Waals surface area contributed by atoms with Crippen molar-refractivity contribution in [2.24, 2.45) is 0 Å². The van der Waals surface area contributed by atoms with E-state index in [1.54, 1.807) is 24.3 Å². The Morgan fingerprint density at radius 1 is 0.912 bits per heavy atom. The molecule has 8 nitrogen and oxygen atoms in total. The second kappa shape index (κ2) is 8.23. The van der Waals surface area contributed by atoms with Crippen LogP contribution < -0.4 is 19.7 Å². The van der Waals surface area contributed by atoms with Crippen LogP contribution in [0.4, 0.5) is 10.5 Å². The molecule has 1 saturated heterocycles. The number of urea groups is 1. The van der Waals surface area contributed by atoms with E-state index in [1.807, 2.05) is 30.5 Å². The highest BCUT2D eigenvalue weighted by atomic mass is 35.5. The lowest BCUT2D eigenvalue weighted by Gasteiger charge is -2.26. The van der Waals surface area contributed by atoms with Gasteiger partial charge in [0.25, 0.3) is 11.8 Å². The number of imide groups is 2. The minimum absolute atomic E-state index is 0.0526. The summed E-state index contributed by atoms with van der Waals surface area (Å²) < 4.78 is 12.5. The summed E-state index contributed by atoms with van der Waals surface area (Å²) in [5, 5.41) is 3.08. The van der Waals surface area contributed by atoms with Crippen molar-refractivity contribution >= 4 is 52.8 Å². The van der Waals surface area contributed by atoms with E-state index in [-0.39, 0.29) is 18.1 Å². The van der Waals surface area contributed by atoms with Gasteiger partial charge in [-0.3, -0.25) is 14.9 Å². The highest BCUT2D eigenvalue weighted by Crippen LogP contribution is 2.36. The third kappa shape index (κ3) is 3.61. The molecule has 4 amide bonds. The van der Waals surface area contributed by atoms with E-state index < -0.39 is 17.8 Å². The van der Waals surface area contributed by atoms with E-state index in [2.05, 4.69) is 5.32 Å². The van der Waals surface area contributed by atoms with Gasteiger partial charge in [0.15, 0.2) is 11.5 Å². The molecule has 2 aliphatic heterocycles. The molecule has 10 heteroatoms. The van der Waals surface area contributed by atoms with Gasteiger partial charge in [-0.25, -0.2) is 9.69 Å². The molecule has 0 spiro atoms. The number of hydrogen-bond acceptors (Lipinski definition) is 5. The highest BCUT2D eigenvalue weighted by molar-refractivity contribution is 6.42. The lowest BCUT2D eigenvalue weighted by Crippen LogP contribution is -2.54. The van der Waals surface area contributed by atoms with Gasteiger partial charge in [-0.15, -0.1) is 0 Å². The molecule has 3 aromatic rings. The van der Waals surface area contributed by atoms with Crippen LogP contribution in [-0.4, -0.2) is 29.2 Å². The van der Waals surface area contributed by atoms with Crippen LogP contribution in [0.25, 0.3) is 11.8 Å². The minimum Gasteiger partial charge on any atom is -0.454 e. The number of hydrogen-bond donors (Lipinski definition) is 1. The molecule has 1 aromatic heterocycles. The van der Waals surface area contributed by atoms with Gasteiger partial charge in [-0.1, -0.05) is 23.2 Å². The largest absolute Gasteiger partial charge is 0.454 e. The summed E-state index contributed by atoms with van der Waals surface area (Å²) in [6, 6.07) is 10.9. The Balaban J connectivity index is 1.54. The first-order chi connectivity index (χ1) is 16.2. The molecule has 0 radical (unpaired) electrons. The maximum absolute atomic E-state index is 13.3. The van der Waals surface area contributed by atoms with E-state index >= 15 is 0 Å². The Morgan fingerprint density at radius 3 is 2.41 bits per heavy atom. The number of aryl methyl sites for hydroxylation is 1. The lowest BCUT2D eigenvalue weighted by molar-refractivity contribution is -0.122. The van der Waals surface area contributed by atoms with Crippen LogP contribution in [0.15, 0.2) is 48.0 Å². The number of halogens is 2. The van der Waals surface area contributed by atoms with Crippen molar-refractivity contribution in [2.45, 2.75) is 13.8 Å². The molecule has 3 heterocycles. The number of fused-ring (bicyclic) bond motifs is 1. The van der Waals surface area contributed by atoms with E-state index in [0.717, 1.165) is 22.0 Å². The number of nitrogens with one attached hydrogen (secondary N) is 1. The summed E-state index contributed by atoms with van der Waals surface area (Å²) >= 11 is 12.2. The van der Waals surface area contributed by atoms with Gasteiger partial charge >= 0.3 is 6.03 Å². The average Bonchev–Trinajstić information content (AvgIpc) is 3.36. The van der Waals surface area contributed by atoms with Crippen LogP contribution in [0.5, 0.6) is 11.5 Å². The number of amides is 4. The fourth-order valence-electron chi connectivity index (χ4n) is 4.03. The second-order valence-corrected chi connectivity index (χ2v) is 8.57. The fraction of sp³-hybridized carbons (Fsp3) is 0.125. The number of benzene rings is 2. The zero-order valence-electron chi connectivity index (χ0n) is 18.0. The summed E-state index contributed by atoms with van der Waals surface area (Å²) in [4.78, 5) is 39.3. The first kappa shape index (κ1) is 22.1. The Morgan fingerprint density at radius 2 is 1.65 bits per heavy atom. The number of ether oxygens (including phenoxy) is 2. The molecule has 172 valence electrons. The third-order valence-electron chi connectivity index (χ3n) is 5.65. The van der Waals surface area contributed by atoms with Gasteiger partial charge in [-0.2, -0.15) is 0 Å². The molecule has 2 aromatic carbocycles. The van der Waals surface area contributed by atoms with Gasteiger partial charge in [0.05, 0.1) is 15.7 Å². The highest BCUT2D eigenvalue weighted by Gasteiger charge is 2.37. The van der Waals surface area contributed by atoms with E-state index in [4.69, 9.17) is 32.7 Å². The van der Waals surface area contributed by atoms with Crippen molar-refractivity contribution in [3.8, 4) is 17.2 Å². The molecule has 34 heavy (non-hydrogen) atoms. The van der Waals surface area contributed by atoms with Crippen molar-refractivity contribution in [1.82, 2.24) is 9.88 Å². The standard InChI is InChI=1S/C24H17Cl2N3O5/c1-12-7-14(13(2)28(12)15-3-5-18(25)19(26)9-15)8-17-22(30)27-24(32)29(23(17)31)16-4-6-20-21(10-16)34-11-33-20/h3-10H,11H2,1-2H3,(H,27,30,32)/b17-8-. The monoisotopic (exact) mass is 497 g/mol. The maximum atomic E-state index is 13.3. The first-order valence-corrected chi connectivity index (χ1v) is 11.0. The van der Waals surface area contributed by atoms with Gasteiger partial charge in [0.2, 0.25) is 6.79 Å². The van der Waals surface area contributed by atoms with Crippen molar-refractivity contribution in [2.75, 3.05) is 11.7 Å². The zero-order valence-corrected chi connectivity index (χ0v) is 19.5. The summed E-state index contributed by atoms with van der Waals surface area (Å²) in [5.74, 6) is -0.598. The first-order valence-electron chi connectivity index (χ1n) is 10.2. The summed E-state index contributed by atoms with van der Waals surface area (Å²) in [7, 11) is 0. The number of carbonyl (C=O) groups is 3. The Labute approximate surface area is 204 Å². The molecule has 0 aliphatic carbocycles. The molecule has 1 fully saturated rings. The number of anilines is 1. The van der Waals surface area contributed by atoms with Crippen LogP contribution in [0.2, 0.25) is 10.0 Å². The number of rotatable bonds is 3. The topological polar surface area (TPSA) is 89.9 Å². The number of carbonyl (C=O) groups excluding carboxylic acids is 3. The van der Waals surface area contributed by atoms with Crippen LogP contribution in [-0.2, 0) is 9.59 Å². The van der Waals surface area contributed by atoms with Crippen LogP contribution >= 0.6 is 23.2 Å². The SMILES string of the molecule is Cc1cc(/C=C2/C(=O)NC(=O)N(c3ccc4c(c3)OCO4)C2=O)c(C)n1-c1ccc(Cl)c(Cl)c1. The molecule has 0 atom stereocenters. The van der Waals surface area contributed by atoms with Gasteiger partial charge in [-0.05, 0) is 61.9 Å². The average molecular weight is 498 g/mol. The summed E-state index contributed by atoms with van der Waals surface area (Å²) in [6.07, 6.45) is 1.47. The molecule has 5 rings (SSSR count). The molecule has 0 bridgehead atoms. The van der Waals surface area contributed by atoms with Crippen molar-refractivity contribution in [3.63, 3.8) is 0 Å². The number of barbiturate groups is 1. The fourth-order valence-corrected chi connectivity index (χ4v) is 4.32. The molecule has 2 aliphatic rings. The predicted molar refractivity (Wildman–Crippen MR) is 127 cm³/mol. The molecular weight excluding hydrogens is 481 g/mol. The number of aromatic nitrogens is 1. The van der Waals surface area contributed by atoms with Crippen molar-refractivity contribution in [1.29, 1.82) is 0 Å². The number of nitrogens with zero attached hydrogens (tertiary/aromatic N) is 2. The van der Waals surface area contributed by atoms with Crippen LogP contribution in [0, 0.1) is 13.8 Å². The van der Waals surface area contributed by atoms with E-state index in [9.17, 15) is 14.4 Å². The third-order valence-corrected chi connectivity index (χ3v) is 6.39. The quantitative estimate of drug-likeness (QED) is 0.414. The zero-order chi connectivity index (χ0) is 24.1. The Kier molecular flexibility index (Phi) is 5.34. The summed E-state index contributed by atoms with van der Waals surface area (Å²) in [6.45, 7) is 3.80. The normalized spacial score (nSPS) is 16.4. The molecule has 0 unspecified atom stereocenters. The van der Waals surface area contributed by atoms with Crippen LogP contribution in [0.3, 0.4) is 0 Å². The lowest BCUT2D eigenvalue weighted by atomic mass is 10.1. The smallest absolute Gasteiger partial charge is 0.335 e. The van der Waals surface area contributed by atoms with E-state index in [0.29, 0.717) is 27.1 Å². The van der Waals surface area contributed by atoms with Crippen molar-refractivity contribution in [3.05, 3.63) is 75.0 Å². The molecular formula is C24H17Cl2N3O5. The molecule has 0 saturated carbocycles. The Bertz CT molecular complexity index is 1430. The van der Waals surface area contributed by atoms with Gasteiger partial charge in [0.1, 0.15) is 5.57 Å². The predicted octanol–water partition coefficient (Wildman–Crippen LogP) is 4.80. The van der Waals surface area contributed by atoms with Gasteiger partial charge in [0, 0.05) is 23.1 Å². The Hall–Kier alpha value is -3.75. The van der Waals surface area contributed by atoms with Crippen molar-refractivity contribution < 1.29 is 23.9 Å². The summed E-state index contributed by atoms with van der Waals surface area (Å²) in [5.41, 5.74) is 3.14. The molecule has 1 N–H and O–H groups in total. The maximum Gasteiger partial charge on any atom is 0.335 e. The second-order valence-electron chi connectivity index (χ2n) is 7.76. The minimum atomic E-state index is -0.840.